The summed E-state index contributed by atoms with van der Waals surface area (Å²) in [4.78, 5) is 4.27. The smallest absolute Gasteiger partial charge is 0.210 e. The summed E-state index contributed by atoms with van der Waals surface area (Å²) < 4.78 is 26.2. The summed E-state index contributed by atoms with van der Waals surface area (Å²) in [5, 5.41) is 0. The summed E-state index contributed by atoms with van der Waals surface area (Å²) in [5.41, 5.74) is 0. The van der Waals surface area contributed by atoms with Crippen LogP contribution in [-0.2, 0) is 23.0 Å². The topological polar surface area (TPSA) is 55.2 Å². The summed E-state index contributed by atoms with van der Waals surface area (Å²) >= 11 is 0. The average molecular weight is 243 g/mol. The molecule has 1 aromatic rings. The first-order valence-corrected chi connectivity index (χ1v) is 7.23. The Morgan fingerprint density at radius 3 is 3.06 bits per heavy atom. The fourth-order valence-corrected chi connectivity index (χ4v) is 2.55. The second-order valence-electron chi connectivity index (χ2n) is 4.44. The minimum atomic E-state index is -3.06. The van der Waals surface area contributed by atoms with Crippen LogP contribution in [0, 0.1) is 5.92 Å². The molecule has 0 unspecified atom stereocenters. The van der Waals surface area contributed by atoms with Crippen molar-refractivity contribution in [1.29, 1.82) is 0 Å². The quantitative estimate of drug-likeness (QED) is 0.769. The minimum absolute atomic E-state index is 0.384. The summed E-state index contributed by atoms with van der Waals surface area (Å²) in [7, 11) is -1.42. The van der Waals surface area contributed by atoms with Crippen molar-refractivity contribution < 1.29 is 8.42 Å². The summed E-state index contributed by atoms with van der Waals surface area (Å²) in [6.07, 6.45) is 6.91. The van der Waals surface area contributed by atoms with Crippen LogP contribution in [-0.4, -0.2) is 42.1 Å². The zero-order chi connectivity index (χ0) is 11.8. The number of aryl methyl sites for hydroxylation is 1. The molecule has 0 spiro atoms. The predicted octanol–water partition coefficient (Wildman–Crippen LogP) is 0.337. The molecule has 16 heavy (non-hydrogen) atoms. The largest absolute Gasteiger partial charge is 0.335 e. The van der Waals surface area contributed by atoms with Crippen molar-refractivity contribution in [2.24, 2.45) is 5.92 Å². The molecule has 0 radical (unpaired) electrons. The normalized spacial score (nSPS) is 21.1. The van der Waals surface area contributed by atoms with Gasteiger partial charge in [0.25, 0.3) is 0 Å². The second kappa shape index (κ2) is 4.18. The van der Waals surface area contributed by atoms with Crippen LogP contribution in [0.15, 0.2) is 12.4 Å². The van der Waals surface area contributed by atoms with Gasteiger partial charge in [-0.15, -0.1) is 0 Å². The molecule has 6 heteroatoms. The summed E-state index contributed by atoms with van der Waals surface area (Å²) in [6, 6.07) is 0. The Morgan fingerprint density at radius 2 is 2.38 bits per heavy atom. The van der Waals surface area contributed by atoms with Crippen molar-refractivity contribution in [3.8, 4) is 0 Å². The first kappa shape index (κ1) is 11.6. The Kier molecular flexibility index (Phi) is 3.03. The monoisotopic (exact) mass is 243 g/mol. The van der Waals surface area contributed by atoms with E-state index in [1.165, 1.54) is 10.6 Å². The van der Waals surface area contributed by atoms with Crippen LogP contribution in [0.25, 0.3) is 0 Å². The Hall–Kier alpha value is -0.880. The van der Waals surface area contributed by atoms with E-state index < -0.39 is 10.0 Å². The highest BCUT2D eigenvalue weighted by Gasteiger charge is 2.23. The molecule has 1 aliphatic heterocycles. The Balaban J connectivity index is 2.00. The van der Waals surface area contributed by atoms with E-state index in [1.807, 2.05) is 6.20 Å². The van der Waals surface area contributed by atoms with Crippen LogP contribution in [0.5, 0.6) is 0 Å². The van der Waals surface area contributed by atoms with E-state index in [-0.39, 0.29) is 0 Å². The fraction of sp³-hybridized carbons (Fsp3) is 0.700. The Labute approximate surface area is 96.1 Å². The van der Waals surface area contributed by atoms with Gasteiger partial charge in [0.15, 0.2) is 0 Å². The third kappa shape index (κ3) is 2.44. The van der Waals surface area contributed by atoms with Gasteiger partial charge in [0, 0.05) is 39.0 Å². The van der Waals surface area contributed by atoms with Crippen LogP contribution in [0.1, 0.15) is 12.2 Å². The number of hydrogen-bond acceptors (Lipinski definition) is 3. The molecule has 1 aliphatic rings. The van der Waals surface area contributed by atoms with E-state index in [4.69, 9.17) is 0 Å². The van der Waals surface area contributed by atoms with Gasteiger partial charge < -0.3 is 4.57 Å². The van der Waals surface area contributed by atoms with Crippen LogP contribution in [0.2, 0.25) is 0 Å². The molecule has 0 bridgehead atoms. The number of fused-ring (bicyclic) bond motifs is 1. The molecule has 90 valence electrons. The van der Waals surface area contributed by atoms with E-state index >= 15 is 0 Å². The van der Waals surface area contributed by atoms with Crippen molar-refractivity contribution in [3.05, 3.63) is 18.2 Å². The van der Waals surface area contributed by atoms with Gasteiger partial charge in [-0.05, 0) is 12.3 Å². The van der Waals surface area contributed by atoms with Gasteiger partial charge in [-0.25, -0.2) is 17.7 Å². The zero-order valence-electron chi connectivity index (χ0n) is 9.63. The number of sulfonamides is 1. The lowest BCUT2D eigenvalue weighted by Gasteiger charge is -2.26. The van der Waals surface area contributed by atoms with Crippen molar-refractivity contribution in [3.63, 3.8) is 0 Å². The van der Waals surface area contributed by atoms with Crippen LogP contribution < -0.4 is 0 Å². The molecule has 1 aromatic heterocycles. The van der Waals surface area contributed by atoms with E-state index in [0.717, 1.165) is 25.2 Å². The fourth-order valence-electron chi connectivity index (χ4n) is 2.07. The first-order chi connectivity index (χ1) is 7.47. The third-order valence-corrected chi connectivity index (χ3v) is 4.41. The minimum Gasteiger partial charge on any atom is -0.335 e. The van der Waals surface area contributed by atoms with E-state index in [0.29, 0.717) is 12.5 Å². The number of hydrogen-bond donors (Lipinski definition) is 0. The zero-order valence-corrected chi connectivity index (χ0v) is 10.4. The summed E-state index contributed by atoms with van der Waals surface area (Å²) in [6.45, 7) is 1.53. The van der Waals surface area contributed by atoms with Gasteiger partial charge in [0.2, 0.25) is 10.0 Å². The lowest BCUT2D eigenvalue weighted by molar-refractivity contribution is 0.317. The van der Waals surface area contributed by atoms with Gasteiger partial charge in [-0.3, -0.25) is 0 Å². The van der Waals surface area contributed by atoms with Crippen molar-refractivity contribution >= 4 is 10.0 Å². The van der Waals surface area contributed by atoms with E-state index in [1.54, 1.807) is 13.2 Å². The highest BCUT2D eigenvalue weighted by atomic mass is 32.2. The standard InChI is InChI=1S/C10H17N3O2S/c1-12(16(2,14)15)8-9-3-5-13-6-4-11-10(13)7-9/h4,6,9H,3,5,7-8H2,1-2H3/t9-/m1/s1. The average Bonchev–Trinajstić information content (AvgIpc) is 2.63. The van der Waals surface area contributed by atoms with Gasteiger partial charge >= 0.3 is 0 Å². The molecular weight excluding hydrogens is 226 g/mol. The maximum absolute atomic E-state index is 11.3. The third-order valence-electron chi connectivity index (χ3n) is 3.13. The molecule has 0 aromatic carbocycles. The number of imidazole rings is 1. The van der Waals surface area contributed by atoms with Crippen LogP contribution >= 0.6 is 0 Å². The molecule has 0 amide bonds. The molecule has 0 N–H and O–H groups in total. The number of rotatable bonds is 3. The van der Waals surface area contributed by atoms with Crippen molar-refractivity contribution in [2.45, 2.75) is 19.4 Å². The molecule has 5 nitrogen and oxygen atoms in total. The van der Waals surface area contributed by atoms with E-state index in [9.17, 15) is 8.42 Å². The molecular formula is C10H17N3O2S. The highest BCUT2D eigenvalue weighted by Crippen LogP contribution is 2.20. The predicted molar refractivity (Wildman–Crippen MR) is 61.5 cm³/mol. The van der Waals surface area contributed by atoms with Crippen LogP contribution in [0.3, 0.4) is 0 Å². The molecule has 2 heterocycles. The molecule has 0 saturated heterocycles. The second-order valence-corrected chi connectivity index (χ2v) is 6.53. The van der Waals surface area contributed by atoms with Gasteiger partial charge in [-0.1, -0.05) is 0 Å². The Morgan fingerprint density at radius 1 is 1.62 bits per heavy atom. The molecule has 1 atom stereocenters. The van der Waals surface area contributed by atoms with Crippen LogP contribution in [0.4, 0.5) is 0 Å². The van der Waals surface area contributed by atoms with Gasteiger partial charge in [-0.2, -0.15) is 0 Å². The molecule has 0 saturated carbocycles. The highest BCUT2D eigenvalue weighted by molar-refractivity contribution is 7.88. The van der Waals surface area contributed by atoms with Gasteiger partial charge in [0.1, 0.15) is 5.82 Å². The van der Waals surface area contributed by atoms with Crippen molar-refractivity contribution in [1.82, 2.24) is 13.9 Å². The molecule has 2 rings (SSSR count). The van der Waals surface area contributed by atoms with Crippen molar-refractivity contribution in [2.75, 3.05) is 19.8 Å². The lowest BCUT2D eigenvalue weighted by atomic mass is 9.98. The van der Waals surface area contributed by atoms with E-state index in [2.05, 4.69) is 9.55 Å². The number of aromatic nitrogens is 2. The maximum atomic E-state index is 11.3. The lowest BCUT2D eigenvalue weighted by Crippen LogP contribution is -2.34. The maximum Gasteiger partial charge on any atom is 0.210 e. The SMILES string of the molecule is CN(C[C@@H]1CCn2ccnc2C1)S(C)(=O)=O. The van der Waals surface area contributed by atoms with Gasteiger partial charge in [0.05, 0.1) is 6.26 Å². The Bertz CT molecular complexity index is 466. The molecule has 0 fully saturated rings. The molecule has 0 aliphatic carbocycles. The first-order valence-electron chi connectivity index (χ1n) is 5.38. The summed E-state index contributed by atoms with van der Waals surface area (Å²) in [5.74, 6) is 1.45. The number of nitrogens with zero attached hydrogens (tertiary/aromatic N) is 3.